The predicted octanol–water partition coefficient (Wildman–Crippen LogP) is 3.67. The molecule has 0 amide bonds. The van der Waals surface area contributed by atoms with Crippen LogP contribution in [0, 0.1) is 11.8 Å². The van der Waals surface area contributed by atoms with Crippen molar-refractivity contribution < 1.29 is 0 Å². The molecule has 3 aliphatic heterocycles. The number of fused-ring (bicyclic) bond motifs is 4. The number of piperidine rings is 3. The monoisotopic (exact) mass is 278 g/mol. The second kappa shape index (κ2) is 5.27. The van der Waals surface area contributed by atoms with Crippen molar-refractivity contribution in [1.82, 2.24) is 9.88 Å². The third kappa shape index (κ3) is 2.28. The smallest absolute Gasteiger partial charge is 0.0704 e. The Morgan fingerprint density at radius 1 is 1.29 bits per heavy atom. The highest BCUT2D eigenvalue weighted by atomic mass is 15.2. The topological polar surface area (TPSA) is 16.1 Å². The zero-order valence-electron chi connectivity index (χ0n) is 12.4. The molecule has 2 nitrogen and oxygen atoms in total. The molecule has 1 aromatic carbocycles. The fourth-order valence-corrected chi connectivity index (χ4v) is 4.25. The van der Waals surface area contributed by atoms with E-state index in [0.29, 0.717) is 12.0 Å². The van der Waals surface area contributed by atoms with Crippen LogP contribution in [0.15, 0.2) is 49.2 Å². The van der Waals surface area contributed by atoms with Gasteiger partial charge in [-0.15, -0.1) is 6.58 Å². The molecule has 0 saturated carbocycles. The zero-order valence-corrected chi connectivity index (χ0v) is 12.4. The van der Waals surface area contributed by atoms with Crippen LogP contribution in [-0.4, -0.2) is 29.0 Å². The second-order valence-corrected chi connectivity index (χ2v) is 6.52. The molecule has 3 saturated heterocycles. The first kappa shape index (κ1) is 13.0. The van der Waals surface area contributed by atoms with Gasteiger partial charge in [0.2, 0.25) is 0 Å². The molecule has 4 heterocycles. The fourth-order valence-electron chi connectivity index (χ4n) is 4.25. The first-order valence-corrected chi connectivity index (χ1v) is 8.04. The Bertz CT molecular complexity index is 658. The lowest BCUT2D eigenvalue weighted by Crippen LogP contribution is -2.53. The number of hydrogen-bond acceptors (Lipinski definition) is 2. The number of hydrogen-bond donors (Lipinski definition) is 0. The highest BCUT2D eigenvalue weighted by Crippen LogP contribution is 2.38. The maximum absolute atomic E-state index is 4.48. The van der Waals surface area contributed by atoms with Crippen LogP contribution < -0.4 is 0 Å². The van der Waals surface area contributed by atoms with E-state index in [1.807, 2.05) is 6.20 Å². The van der Waals surface area contributed by atoms with Crippen molar-refractivity contribution in [3.05, 3.63) is 54.7 Å². The van der Waals surface area contributed by atoms with Gasteiger partial charge in [-0.1, -0.05) is 24.3 Å². The maximum atomic E-state index is 4.48. The van der Waals surface area contributed by atoms with E-state index in [4.69, 9.17) is 0 Å². The molecule has 2 aromatic rings. The zero-order chi connectivity index (χ0) is 14.2. The summed E-state index contributed by atoms with van der Waals surface area (Å²) in [6, 6.07) is 11.4. The third-order valence-electron chi connectivity index (χ3n) is 5.43. The lowest BCUT2D eigenvalue weighted by atomic mass is 9.74. The van der Waals surface area contributed by atoms with Crippen molar-refractivity contribution in [1.29, 1.82) is 0 Å². The lowest BCUT2D eigenvalue weighted by Gasteiger charge is -2.49. The molecule has 0 spiro atoms. The number of pyridine rings is 1. The SMILES string of the molecule is C=CC1CN2CCC1CC2Cc1ccnc2ccccc12. The molecule has 3 fully saturated rings. The Kier molecular flexibility index (Phi) is 3.27. The summed E-state index contributed by atoms with van der Waals surface area (Å²) in [6.45, 7) is 6.49. The van der Waals surface area contributed by atoms with Gasteiger partial charge in [-0.2, -0.15) is 0 Å². The molecule has 2 bridgehead atoms. The van der Waals surface area contributed by atoms with E-state index in [2.05, 4.69) is 52.9 Å². The van der Waals surface area contributed by atoms with Crippen LogP contribution in [0.4, 0.5) is 0 Å². The van der Waals surface area contributed by atoms with Gasteiger partial charge in [-0.25, -0.2) is 0 Å². The number of aromatic nitrogens is 1. The molecule has 0 aliphatic carbocycles. The maximum Gasteiger partial charge on any atom is 0.0704 e. The normalized spacial score (nSPS) is 31.4. The minimum Gasteiger partial charge on any atom is -0.299 e. The molecule has 2 heteroatoms. The van der Waals surface area contributed by atoms with Crippen molar-refractivity contribution in [3.63, 3.8) is 0 Å². The second-order valence-electron chi connectivity index (χ2n) is 6.52. The van der Waals surface area contributed by atoms with Crippen LogP contribution in [0.5, 0.6) is 0 Å². The average molecular weight is 278 g/mol. The Hall–Kier alpha value is -1.67. The number of rotatable bonds is 3. The summed E-state index contributed by atoms with van der Waals surface area (Å²) in [7, 11) is 0. The van der Waals surface area contributed by atoms with E-state index in [1.54, 1.807) is 0 Å². The Morgan fingerprint density at radius 2 is 2.19 bits per heavy atom. The molecule has 1 aromatic heterocycles. The van der Waals surface area contributed by atoms with Gasteiger partial charge in [0.1, 0.15) is 0 Å². The first-order valence-electron chi connectivity index (χ1n) is 8.04. The largest absolute Gasteiger partial charge is 0.299 e. The van der Waals surface area contributed by atoms with Crippen LogP contribution >= 0.6 is 0 Å². The minimum absolute atomic E-state index is 0.700. The van der Waals surface area contributed by atoms with Gasteiger partial charge in [-0.05, 0) is 55.3 Å². The summed E-state index contributed by atoms with van der Waals surface area (Å²) in [4.78, 5) is 7.16. The molecule has 0 N–H and O–H groups in total. The van der Waals surface area contributed by atoms with Gasteiger partial charge in [0.15, 0.2) is 0 Å². The van der Waals surface area contributed by atoms with Crippen molar-refractivity contribution in [2.45, 2.75) is 25.3 Å². The van der Waals surface area contributed by atoms with Gasteiger partial charge in [-0.3, -0.25) is 9.88 Å². The molecular weight excluding hydrogens is 256 g/mol. The minimum atomic E-state index is 0.700. The quantitative estimate of drug-likeness (QED) is 0.796. The van der Waals surface area contributed by atoms with E-state index in [0.717, 1.165) is 17.9 Å². The van der Waals surface area contributed by atoms with Gasteiger partial charge < -0.3 is 0 Å². The Labute approximate surface area is 126 Å². The van der Waals surface area contributed by atoms with Crippen molar-refractivity contribution in [3.8, 4) is 0 Å². The van der Waals surface area contributed by atoms with Gasteiger partial charge in [0, 0.05) is 24.2 Å². The van der Waals surface area contributed by atoms with E-state index >= 15 is 0 Å². The van der Waals surface area contributed by atoms with Gasteiger partial charge >= 0.3 is 0 Å². The highest BCUT2D eigenvalue weighted by molar-refractivity contribution is 5.81. The van der Waals surface area contributed by atoms with Crippen molar-refractivity contribution in [2.75, 3.05) is 13.1 Å². The number of para-hydroxylation sites is 1. The molecule has 21 heavy (non-hydrogen) atoms. The van der Waals surface area contributed by atoms with Gasteiger partial charge in [0.25, 0.3) is 0 Å². The number of nitrogens with zero attached hydrogens (tertiary/aromatic N) is 2. The number of benzene rings is 1. The average Bonchev–Trinajstić information content (AvgIpc) is 2.56. The molecule has 4 unspecified atom stereocenters. The summed E-state index contributed by atoms with van der Waals surface area (Å²) < 4.78 is 0. The van der Waals surface area contributed by atoms with Crippen LogP contribution in [0.3, 0.4) is 0 Å². The summed E-state index contributed by atoms with van der Waals surface area (Å²) in [5, 5.41) is 1.32. The van der Waals surface area contributed by atoms with Crippen molar-refractivity contribution >= 4 is 10.9 Å². The molecule has 108 valence electrons. The summed E-state index contributed by atoms with van der Waals surface area (Å²) >= 11 is 0. The fraction of sp³-hybridized carbons (Fsp3) is 0.421. The van der Waals surface area contributed by atoms with E-state index in [-0.39, 0.29) is 0 Å². The summed E-state index contributed by atoms with van der Waals surface area (Å²) in [6.07, 6.45) is 7.97. The molecule has 5 rings (SSSR count). The molecular formula is C19H22N2. The molecule has 3 aliphatic rings. The standard InChI is InChI=1S/C19H22N2/c1-2-14-13-21-10-8-15(14)11-17(21)12-16-7-9-20-19-6-4-3-5-18(16)19/h2-7,9,14-15,17H,1,8,10-13H2. The van der Waals surface area contributed by atoms with E-state index in [1.165, 1.54) is 36.9 Å². The predicted molar refractivity (Wildman–Crippen MR) is 87.2 cm³/mol. The van der Waals surface area contributed by atoms with E-state index < -0.39 is 0 Å². The van der Waals surface area contributed by atoms with Crippen molar-refractivity contribution in [2.24, 2.45) is 11.8 Å². The summed E-state index contributed by atoms with van der Waals surface area (Å²) in [5.74, 6) is 1.56. The Balaban J connectivity index is 1.60. The molecule has 0 radical (unpaired) electrons. The summed E-state index contributed by atoms with van der Waals surface area (Å²) in [5.41, 5.74) is 2.57. The van der Waals surface area contributed by atoms with Crippen LogP contribution in [0.25, 0.3) is 10.9 Å². The first-order chi connectivity index (χ1) is 10.3. The molecule has 4 atom stereocenters. The van der Waals surface area contributed by atoms with Crippen LogP contribution in [0.2, 0.25) is 0 Å². The lowest BCUT2D eigenvalue weighted by molar-refractivity contribution is 0.0196. The highest BCUT2D eigenvalue weighted by Gasteiger charge is 2.38. The van der Waals surface area contributed by atoms with E-state index in [9.17, 15) is 0 Å². The van der Waals surface area contributed by atoms with Gasteiger partial charge in [0.05, 0.1) is 5.52 Å². The third-order valence-corrected chi connectivity index (χ3v) is 5.43. The Morgan fingerprint density at radius 3 is 3.00 bits per heavy atom. The van der Waals surface area contributed by atoms with Crippen LogP contribution in [-0.2, 0) is 6.42 Å². The van der Waals surface area contributed by atoms with Crippen LogP contribution in [0.1, 0.15) is 18.4 Å².